The fraction of sp³-hybridized carbons (Fsp3) is 0.350. The van der Waals surface area contributed by atoms with Gasteiger partial charge in [-0.15, -0.1) is 0 Å². The van der Waals surface area contributed by atoms with E-state index in [0.717, 1.165) is 22.2 Å². The maximum absolute atomic E-state index is 12.5. The summed E-state index contributed by atoms with van der Waals surface area (Å²) in [5.41, 5.74) is 1.26. The second kappa shape index (κ2) is 6.50. The number of nitrogens with one attached hydrogen (secondary N) is 1. The van der Waals surface area contributed by atoms with Crippen molar-refractivity contribution in [2.24, 2.45) is 7.05 Å². The molecular weight excluding hydrogens is 316 g/mol. The Kier molecular flexibility index (Phi) is 4.54. The van der Waals surface area contributed by atoms with Crippen molar-refractivity contribution in [3.05, 3.63) is 69.4 Å². The minimum absolute atomic E-state index is 0.0267. The second-order valence-corrected chi connectivity index (χ2v) is 6.80. The van der Waals surface area contributed by atoms with E-state index in [4.69, 9.17) is 4.42 Å². The first-order chi connectivity index (χ1) is 11.8. The average molecular weight is 340 g/mol. The average Bonchev–Trinajstić information content (AvgIpc) is 2.91. The molecule has 0 fully saturated rings. The Morgan fingerprint density at radius 3 is 2.64 bits per heavy atom. The third-order valence-electron chi connectivity index (χ3n) is 4.61. The van der Waals surface area contributed by atoms with Crippen LogP contribution in [0.5, 0.6) is 0 Å². The molecule has 0 saturated carbocycles. The number of hydrogen-bond donors (Lipinski definition) is 2. The second-order valence-electron chi connectivity index (χ2n) is 6.80. The molecule has 0 aliphatic carbocycles. The van der Waals surface area contributed by atoms with Crippen LogP contribution in [0.2, 0.25) is 0 Å². The molecule has 0 amide bonds. The molecule has 3 rings (SSSR count). The molecule has 2 N–H and O–H groups in total. The summed E-state index contributed by atoms with van der Waals surface area (Å²) in [6.07, 6.45) is 0. The Morgan fingerprint density at radius 2 is 1.96 bits per heavy atom. The summed E-state index contributed by atoms with van der Waals surface area (Å²) in [5.74, 6) is 1.49. The van der Waals surface area contributed by atoms with E-state index in [1.807, 2.05) is 50.2 Å². The van der Waals surface area contributed by atoms with Crippen molar-refractivity contribution in [1.29, 1.82) is 0 Å². The summed E-state index contributed by atoms with van der Waals surface area (Å²) >= 11 is 0. The number of aliphatic hydroxyl groups is 1. The number of benzene rings is 1. The number of furan rings is 1. The molecule has 132 valence electrons. The molecule has 0 saturated heterocycles. The molecule has 0 aliphatic rings. The number of nitrogens with zero attached hydrogens (tertiary/aromatic N) is 1. The minimum atomic E-state index is -1.07. The van der Waals surface area contributed by atoms with Crippen molar-refractivity contribution >= 4 is 10.9 Å². The van der Waals surface area contributed by atoms with Gasteiger partial charge in [-0.25, -0.2) is 0 Å². The number of para-hydroxylation sites is 1. The van der Waals surface area contributed by atoms with E-state index < -0.39 is 5.60 Å². The van der Waals surface area contributed by atoms with Gasteiger partial charge in [0.2, 0.25) is 0 Å². The lowest BCUT2D eigenvalue weighted by atomic mass is 9.96. The van der Waals surface area contributed by atoms with Gasteiger partial charge in [0.15, 0.2) is 0 Å². The van der Waals surface area contributed by atoms with Gasteiger partial charge in [0.05, 0.1) is 5.52 Å². The summed E-state index contributed by atoms with van der Waals surface area (Å²) in [4.78, 5) is 12.5. The Labute approximate surface area is 146 Å². The van der Waals surface area contributed by atoms with Gasteiger partial charge < -0.3 is 19.4 Å². The van der Waals surface area contributed by atoms with Crippen LogP contribution in [-0.2, 0) is 19.2 Å². The Balaban J connectivity index is 1.78. The molecule has 1 atom stereocenters. The Hall–Kier alpha value is -2.37. The fourth-order valence-corrected chi connectivity index (χ4v) is 3.32. The lowest BCUT2D eigenvalue weighted by Crippen LogP contribution is -2.36. The fourth-order valence-electron chi connectivity index (χ4n) is 3.32. The number of hydrogen-bond acceptors (Lipinski definition) is 4. The molecule has 0 spiro atoms. The molecule has 2 heterocycles. The molecule has 3 aromatic rings. The predicted molar refractivity (Wildman–Crippen MR) is 98.6 cm³/mol. The lowest BCUT2D eigenvalue weighted by molar-refractivity contribution is 0.0551. The number of rotatable bonds is 5. The summed E-state index contributed by atoms with van der Waals surface area (Å²) in [6, 6.07) is 11.6. The zero-order chi connectivity index (χ0) is 18.2. The molecule has 1 aromatic carbocycles. The van der Waals surface area contributed by atoms with E-state index in [1.54, 1.807) is 18.5 Å². The van der Waals surface area contributed by atoms with E-state index in [1.165, 1.54) is 0 Å². The molecule has 1 unspecified atom stereocenters. The molecule has 5 heteroatoms. The van der Waals surface area contributed by atoms with Gasteiger partial charge in [0, 0.05) is 31.3 Å². The first kappa shape index (κ1) is 17.5. The SMILES string of the molecule is Cc1cc(C(C)(O)CNCc2cc3ccccc3n(C)c2=O)c(C)o1. The third kappa shape index (κ3) is 3.38. The van der Waals surface area contributed by atoms with E-state index in [0.29, 0.717) is 24.4 Å². The summed E-state index contributed by atoms with van der Waals surface area (Å²) < 4.78 is 7.17. The summed E-state index contributed by atoms with van der Waals surface area (Å²) in [6.45, 7) is 6.16. The van der Waals surface area contributed by atoms with Crippen molar-refractivity contribution in [2.45, 2.75) is 32.9 Å². The van der Waals surface area contributed by atoms with Crippen LogP contribution in [0.15, 0.2) is 45.6 Å². The predicted octanol–water partition coefficient (Wildman–Crippen LogP) is 2.75. The molecule has 25 heavy (non-hydrogen) atoms. The number of aromatic nitrogens is 1. The molecule has 5 nitrogen and oxygen atoms in total. The highest BCUT2D eigenvalue weighted by Crippen LogP contribution is 2.26. The smallest absolute Gasteiger partial charge is 0.255 e. The van der Waals surface area contributed by atoms with E-state index in [2.05, 4.69) is 5.32 Å². The molecule has 0 bridgehead atoms. The zero-order valence-corrected chi connectivity index (χ0v) is 15.1. The van der Waals surface area contributed by atoms with Gasteiger partial charge in [-0.1, -0.05) is 18.2 Å². The molecule has 0 aliphatic heterocycles. The monoisotopic (exact) mass is 340 g/mol. The van der Waals surface area contributed by atoms with Crippen molar-refractivity contribution < 1.29 is 9.52 Å². The summed E-state index contributed by atoms with van der Waals surface area (Å²) in [5, 5.41) is 15.0. The van der Waals surface area contributed by atoms with Gasteiger partial charge in [-0.2, -0.15) is 0 Å². The topological polar surface area (TPSA) is 67.4 Å². The third-order valence-corrected chi connectivity index (χ3v) is 4.61. The van der Waals surface area contributed by atoms with Gasteiger partial charge in [0.1, 0.15) is 17.1 Å². The van der Waals surface area contributed by atoms with Gasteiger partial charge in [0.25, 0.3) is 5.56 Å². The van der Waals surface area contributed by atoms with Crippen LogP contribution in [0.4, 0.5) is 0 Å². The number of pyridine rings is 1. The van der Waals surface area contributed by atoms with Crippen LogP contribution in [0, 0.1) is 13.8 Å². The highest BCUT2D eigenvalue weighted by atomic mass is 16.3. The van der Waals surface area contributed by atoms with E-state index in [-0.39, 0.29) is 5.56 Å². The first-order valence-corrected chi connectivity index (χ1v) is 8.38. The number of fused-ring (bicyclic) bond motifs is 1. The van der Waals surface area contributed by atoms with Gasteiger partial charge in [-0.3, -0.25) is 4.79 Å². The van der Waals surface area contributed by atoms with E-state index in [9.17, 15) is 9.90 Å². The Morgan fingerprint density at radius 1 is 1.24 bits per heavy atom. The standard InChI is InChI=1S/C20H24N2O3/c1-13-9-17(14(2)25-13)20(3,24)12-21-11-16-10-15-7-5-6-8-18(15)22(4)19(16)23/h5-10,21,24H,11-12H2,1-4H3. The van der Waals surface area contributed by atoms with E-state index >= 15 is 0 Å². The van der Waals surface area contributed by atoms with Crippen molar-refractivity contribution in [3.8, 4) is 0 Å². The largest absolute Gasteiger partial charge is 0.466 e. The van der Waals surface area contributed by atoms with Crippen molar-refractivity contribution in [3.63, 3.8) is 0 Å². The quantitative estimate of drug-likeness (QED) is 0.749. The van der Waals surface area contributed by atoms with Gasteiger partial charge >= 0.3 is 0 Å². The van der Waals surface area contributed by atoms with Crippen molar-refractivity contribution in [1.82, 2.24) is 9.88 Å². The molecule has 0 radical (unpaired) electrons. The van der Waals surface area contributed by atoms with Crippen LogP contribution in [0.3, 0.4) is 0 Å². The molecule has 2 aromatic heterocycles. The minimum Gasteiger partial charge on any atom is -0.466 e. The molecular formula is C20H24N2O3. The first-order valence-electron chi connectivity index (χ1n) is 8.38. The van der Waals surface area contributed by atoms with Crippen LogP contribution in [0.25, 0.3) is 10.9 Å². The van der Waals surface area contributed by atoms with Crippen molar-refractivity contribution in [2.75, 3.05) is 6.54 Å². The van der Waals surface area contributed by atoms with Crippen LogP contribution >= 0.6 is 0 Å². The van der Waals surface area contributed by atoms with Gasteiger partial charge in [-0.05, 0) is 44.4 Å². The normalized spacial score (nSPS) is 14.0. The van der Waals surface area contributed by atoms with Crippen LogP contribution in [0.1, 0.15) is 29.6 Å². The zero-order valence-electron chi connectivity index (χ0n) is 15.1. The maximum Gasteiger partial charge on any atom is 0.255 e. The Bertz CT molecular complexity index is 967. The van der Waals surface area contributed by atoms with Crippen LogP contribution in [-0.4, -0.2) is 16.2 Å². The number of aryl methyl sites for hydroxylation is 3. The van der Waals surface area contributed by atoms with Crippen LogP contribution < -0.4 is 10.9 Å². The highest BCUT2D eigenvalue weighted by Gasteiger charge is 2.27. The highest BCUT2D eigenvalue weighted by molar-refractivity contribution is 5.79. The lowest BCUT2D eigenvalue weighted by Gasteiger charge is -2.23. The summed E-state index contributed by atoms with van der Waals surface area (Å²) in [7, 11) is 1.78. The maximum atomic E-state index is 12.5.